The van der Waals surface area contributed by atoms with Gasteiger partial charge in [0.2, 0.25) is 0 Å². The summed E-state index contributed by atoms with van der Waals surface area (Å²) in [6.07, 6.45) is 0. The lowest BCUT2D eigenvalue weighted by Gasteiger charge is -1.97. The van der Waals surface area contributed by atoms with Crippen molar-refractivity contribution in [1.29, 1.82) is 0 Å². The first kappa shape index (κ1) is 13.2. The Morgan fingerprint density at radius 3 is 1.00 bits per heavy atom. The maximum Gasteiger partial charge on any atom is 0.466 e. The van der Waals surface area contributed by atoms with E-state index in [0.29, 0.717) is 0 Å². The highest BCUT2D eigenvalue weighted by Crippen LogP contribution is 2.40. The van der Waals surface area contributed by atoms with E-state index < -0.39 is 7.82 Å². The molecule has 10 heavy (non-hydrogen) atoms. The van der Waals surface area contributed by atoms with Gasteiger partial charge in [0.1, 0.15) is 0 Å². The molecular formula is C4H15O4P2+. The number of rotatable bonds is 0. The predicted molar refractivity (Wildman–Crippen MR) is 44.9 cm³/mol. The van der Waals surface area contributed by atoms with Crippen molar-refractivity contribution in [2.45, 2.75) is 0 Å². The fraction of sp³-hybridized carbons (Fsp3) is 1.00. The molecular weight excluding hydrogens is 174 g/mol. The third-order valence-corrected chi connectivity index (χ3v) is 0. The lowest BCUT2D eigenvalue weighted by Crippen LogP contribution is -1.74. The van der Waals surface area contributed by atoms with Crippen LogP contribution in [0.2, 0.25) is 0 Å². The molecule has 0 radical (unpaired) electrons. The SMILES string of the molecule is C[P+](C)(C)C.O=P(O)(O)O. The summed E-state index contributed by atoms with van der Waals surface area (Å²) in [6, 6.07) is 0. The predicted octanol–water partition coefficient (Wildman–Crippen LogP) is 0.595. The highest BCUT2D eigenvalue weighted by Gasteiger charge is 2.03. The van der Waals surface area contributed by atoms with Gasteiger partial charge in [-0.1, -0.05) is 0 Å². The molecule has 0 unspecified atom stereocenters. The quantitative estimate of drug-likeness (QED) is 0.487. The summed E-state index contributed by atoms with van der Waals surface area (Å²) < 4.78 is 8.88. The van der Waals surface area contributed by atoms with Gasteiger partial charge in [-0.05, 0) is 0 Å². The van der Waals surface area contributed by atoms with E-state index in [1.54, 1.807) is 0 Å². The monoisotopic (exact) mass is 189 g/mol. The van der Waals surface area contributed by atoms with Gasteiger partial charge in [-0.25, -0.2) is 4.57 Å². The maximum absolute atomic E-state index is 8.88. The second-order valence-electron chi connectivity index (χ2n) is 3.20. The first-order valence-electron chi connectivity index (χ1n) is 2.57. The molecule has 0 heterocycles. The van der Waals surface area contributed by atoms with Crippen molar-refractivity contribution >= 4 is 15.1 Å². The Morgan fingerprint density at radius 2 is 1.00 bits per heavy atom. The molecule has 0 aliphatic heterocycles. The van der Waals surface area contributed by atoms with Gasteiger partial charge in [0.15, 0.2) is 0 Å². The largest absolute Gasteiger partial charge is 0.466 e. The smallest absolute Gasteiger partial charge is 0.303 e. The van der Waals surface area contributed by atoms with Gasteiger partial charge in [-0.15, -0.1) is 0 Å². The van der Waals surface area contributed by atoms with E-state index in [1.165, 1.54) is 0 Å². The highest BCUT2D eigenvalue weighted by molar-refractivity contribution is 7.73. The number of hydrogen-bond acceptors (Lipinski definition) is 1. The lowest BCUT2D eigenvalue weighted by atomic mass is 11.8. The zero-order valence-corrected chi connectivity index (χ0v) is 8.43. The van der Waals surface area contributed by atoms with Crippen LogP contribution in [0.5, 0.6) is 0 Å². The van der Waals surface area contributed by atoms with Crippen LogP contribution in [-0.4, -0.2) is 41.3 Å². The molecule has 0 aliphatic rings. The van der Waals surface area contributed by atoms with Gasteiger partial charge in [-0.2, -0.15) is 0 Å². The van der Waals surface area contributed by atoms with Crippen molar-refractivity contribution < 1.29 is 19.2 Å². The van der Waals surface area contributed by atoms with Crippen molar-refractivity contribution in [3.63, 3.8) is 0 Å². The summed E-state index contributed by atoms with van der Waals surface area (Å²) in [6.45, 7) is 9.19. The summed E-state index contributed by atoms with van der Waals surface area (Å²) in [4.78, 5) is 21.6. The molecule has 4 nitrogen and oxygen atoms in total. The van der Waals surface area contributed by atoms with E-state index in [4.69, 9.17) is 19.2 Å². The van der Waals surface area contributed by atoms with Crippen LogP contribution in [0.4, 0.5) is 0 Å². The molecule has 0 bridgehead atoms. The van der Waals surface area contributed by atoms with Gasteiger partial charge in [0, 0.05) is 33.9 Å². The molecule has 0 atom stereocenters. The fourth-order valence-electron chi connectivity index (χ4n) is 0. The zero-order chi connectivity index (χ0) is 9.00. The standard InChI is InChI=1S/C4H12P.H3O4P/c2*1-5(2,3)4/h1-4H3;(H3,1,2,3,4)/q+1;. The molecule has 0 aromatic carbocycles. The Labute approximate surface area is 61.9 Å². The maximum atomic E-state index is 8.88. The topological polar surface area (TPSA) is 77.8 Å². The van der Waals surface area contributed by atoms with E-state index in [1.807, 2.05) is 0 Å². The minimum absolute atomic E-state index is 0.389. The first-order chi connectivity index (χ1) is 4.00. The minimum atomic E-state index is -4.64. The minimum Gasteiger partial charge on any atom is -0.303 e. The second-order valence-corrected chi connectivity index (χ2v) is 9.59. The van der Waals surface area contributed by atoms with Crippen molar-refractivity contribution in [2.75, 3.05) is 26.7 Å². The Hall–Kier alpha value is 0.540. The number of hydrogen-bond donors (Lipinski definition) is 3. The van der Waals surface area contributed by atoms with Crippen molar-refractivity contribution in [3.8, 4) is 0 Å². The van der Waals surface area contributed by atoms with Gasteiger partial charge in [0.25, 0.3) is 0 Å². The summed E-state index contributed by atoms with van der Waals surface area (Å²) in [5.41, 5.74) is 0. The Kier molecular flexibility index (Phi) is 5.82. The van der Waals surface area contributed by atoms with E-state index >= 15 is 0 Å². The summed E-state index contributed by atoms with van der Waals surface area (Å²) >= 11 is 0. The van der Waals surface area contributed by atoms with Crippen LogP contribution in [-0.2, 0) is 4.57 Å². The van der Waals surface area contributed by atoms with Gasteiger partial charge in [-0.3, -0.25) is 0 Å². The van der Waals surface area contributed by atoms with E-state index in [2.05, 4.69) is 26.7 Å². The van der Waals surface area contributed by atoms with Crippen molar-refractivity contribution in [3.05, 3.63) is 0 Å². The molecule has 0 saturated carbocycles. The van der Waals surface area contributed by atoms with Crippen molar-refractivity contribution in [1.82, 2.24) is 0 Å². The van der Waals surface area contributed by atoms with Crippen LogP contribution in [0.15, 0.2) is 0 Å². The molecule has 0 rings (SSSR count). The normalized spacial score (nSPS) is 11.9. The van der Waals surface area contributed by atoms with Crippen LogP contribution >= 0.6 is 15.1 Å². The summed E-state index contributed by atoms with van der Waals surface area (Å²) in [5, 5.41) is 0. The van der Waals surface area contributed by atoms with E-state index in [-0.39, 0.29) is 7.26 Å². The first-order valence-corrected chi connectivity index (χ1v) is 7.71. The molecule has 0 aliphatic carbocycles. The van der Waals surface area contributed by atoms with Crippen LogP contribution in [0.1, 0.15) is 0 Å². The van der Waals surface area contributed by atoms with Gasteiger partial charge < -0.3 is 14.7 Å². The molecule has 0 aromatic rings. The fourth-order valence-corrected chi connectivity index (χ4v) is 0. The Bertz CT molecular complexity index is 107. The molecule has 6 heteroatoms. The average Bonchev–Trinajstić information content (AvgIpc) is 1.12. The highest BCUT2D eigenvalue weighted by atomic mass is 31.2. The van der Waals surface area contributed by atoms with Gasteiger partial charge in [0.05, 0.1) is 0 Å². The van der Waals surface area contributed by atoms with E-state index in [0.717, 1.165) is 0 Å². The molecule has 0 saturated heterocycles. The Morgan fingerprint density at radius 1 is 1.00 bits per heavy atom. The average molecular weight is 189 g/mol. The zero-order valence-electron chi connectivity index (χ0n) is 6.64. The van der Waals surface area contributed by atoms with Gasteiger partial charge >= 0.3 is 7.82 Å². The molecule has 0 fully saturated rings. The summed E-state index contributed by atoms with van der Waals surface area (Å²) in [5.74, 6) is 0. The van der Waals surface area contributed by atoms with Crippen LogP contribution in [0.25, 0.3) is 0 Å². The molecule has 3 N–H and O–H groups in total. The second kappa shape index (κ2) is 4.42. The third-order valence-electron chi connectivity index (χ3n) is 0. The van der Waals surface area contributed by atoms with Crippen LogP contribution < -0.4 is 0 Å². The van der Waals surface area contributed by atoms with E-state index in [9.17, 15) is 0 Å². The molecule has 0 aromatic heterocycles. The third kappa shape index (κ3) is 1660. The Balaban J connectivity index is 0. The van der Waals surface area contributed by atoms with Crippen LogP contribution in [0, 0.1) is 0 Å². The molecule has 0 spiro atoms. The summed E-state index contributed by atoms with van der Waals surface area (Å²) in [7, 11) is -5.03. The van der Waals surface area contributed by atoms with Crippen LogP contribution in [0.3, 0.4) is 0 Å². The van der Waals surface area contributed by atoms with Crippen molar-refractivity contribution in [2.24, 2.45) is 0 Å². The lowest BCUT2D eigenvalue weighted by molar-refractivity contribution is 0.275. The molecule has 64 valence electrons. The number of phosphoric acid groups is 1. The molecule has 0 amide bonds.